The molecule has 380 valence electrons. The summed E-state index contributed by atoms with van der Waals surface area (Å²) in [5.41, 5.74) is 25.5. The number of nitrogens with one attached hydrogen (secondary N) is 6. The molecule has 0 radical (unpaired) electrons. The maximum Gasteiger partial charge on any atom is 0.315 e. The van der Waals surface area contributed by atoms with Crippen molar-refractivity contribution in [1.29, 1.82) is 0 Å². The predicted octanol–water partition coefficient (Wildman–Crippen LogP) is -1.03. The van der Waals surface area contributed by atoms with Gasteiger partial charge in [0.05, 0.1) is 56.6 Å². The van der Waals surface area contributed by atoms with Crippen molar-refractivity contribution in [2.75, 3.05) is 92.3 Å². The molecule has 0 saturated heterocycles. The molecule has 5 atom stereocenters. The van der Waals surface area contributed by atoms with Gasteiger partial charge in [0, 0.05) is 30.0 Å². The summed E-state index contributed by atoms with van der Waals surface area (Å²) >= 11 is 2.97. The van der Waals surface area contributed by atoms with E-state index in [0.717, 1.165) is 17.0 Å². The highest BCUT2D eigenvalue weighted by Gasteiger charge is 2.18. The van der Waals surface area contributed by atoms with Gasteiger partial charge in [0.25, 0.3) is 0 Å². The number of hydrogen-bond acceptors (Lipinski definition) is 25. The Morgan fingerprint density at radius 2 is 0.985 bits per heavy atom. The second-order valence-electron chi connectivity index (χ2n) is 12.4. The van der Waals surface area contributed by atoms with Crippen LogP contribution in [-0.2, 0) is 43.0 Å². The minimum atomic E-state index is -0.563. The number of esters is 2. The lowest BCUT2D eigenvalue weighted by atomic mass is 10.1. The van der Waals surface area contributed by atoms with Gasteiger partial charge in [-0.25, -0.2) is 4.98 Å². The van der Waals surface area contributed by atoms with E-state index in [9.17, 15) is 33.6 Å². The van der Waals surface area contributed by atoms with Crippen molar-refractivity contribution in [2.24, 2.45) is 28.7 Å². The third-order valence-corrected chi connectivity index (χ3v) is 11.8. The summed E-state index contributed by atoms with van der Waals surface area (Å²) in [4.78, 5) is 82.1. The van der Waals surface area contributed by atoms with Crippen molar-refractivity contribution < 1.29 is 43.0 Å². The van der Waals surface area contributed by atoms with Crippen molar-refractivity contribution in [3.63, 3.8) is 0 Å². The Hall–Kier alpha value is -4.70. The number of ketones is 5. The maximum atomic E-state index is 11.5. The Kier molecular flexibility index (Phi) is 50.6. The van der Waals surface area contributed by atoms with Crippen molar-refractivity contribution in [3.8, 4) is 0 Å². The van der Waals surface area contributed by atoms with Gasteiger partial charge in [0.15, 0.2) is 28.9 Å². The number of carbonyl (C=O) groups is 7. The van der Waals surface area contributed by atoms with E-state index in [-0.39, 0.29) is 71.2 Å². The van der Waals surface area contributed by atoms with E-state index in [4.69, 9.17) is 28.7 Å². The summed E-state index contributed by atoms with van der Waals surface area (Å²) in [6.07, 6.45) is 16.5. The van der Waals surface area contributed by atoms with Gasteiger partial charge >= 0.3 is 11.9 Å². The van der Waals surface area contributed by atoms with E-state index in [0.29, 0.717) is 18.1 Å². The molecule has 25 heteroatoms. The summed E-state index contributed by atoms with van der Waals surface area (Å²) in [6.45, 7) is 0.611. The third-order valence-electron chi connectivity index (χ3n) is 7.85. The van der Waals surface area contributed by atoms with Crippen LogP contribution in [0.25, 0.3) is 0 Å². The van der Waals surface area contributed by atoms with E-state index in [2.05, 4.69) is 46.4 Å². The molecule has 21 nitrogen and oxygen atoms in total. The molecule has 5 unspecified atom stereocenters. The number of rotatable bonds is 29. The number of ether oxygens (including phenoxy) is 2. The number of thioether (sulfide) groups is 2. The molecular formula is C42H74N12O9S4. The van der Waals surface area contributed by atoms with Crippen LogP contribution >= 0.6 is 45.1 Å². The lowest BCUT2D eigenvalue weighted by molar-refractivity contribution is -0.142. The number of nitrogens with two attached hydrogens (primary N) is 5. The molecule has 1 aromatic heterocycles. The first kappa shape index (κ1) is 68.9. The van der Waals surface area contributed by atoms with Crippen LogP contribution in [0.2, 0.25) is 0 Å². The number of nitrogens with zero attached hydrogens (tertiary/aromatic N) is 1. The van der Waals surface area contributed by atoms with Crippen molar-refractivity contribution in [2.45, 2.75) is 41.7 Å². The van der Waals surface area contributed by atoms with Gasteiger partial charge < -0.3 is 70.0 Å². The fourth-order valence-electron chi connectivity index (χ4n) is 4.17. The molecule has 0 fully saturated rings. The monoisotopic (exact) mass is 1020 g/mol. The van der Waals surface area contributed by atoms with E-state index in [1.54, 1.807) is 81.8 Å². The van der Waals surface area contributed by atoms with E-state index >= 15 is 0 Å². The van der Waals surface area contributed by atoms with Gasteiger partial charge in [0.1, 0.15) is 5.03 Å². The van der Waals surface area contributed by atoms with E-state index in [1.807, 2.05) is 24.5 Å². The molecule has 1 rings (SSSR count). The van der Waals surface area contributed by atoms with Gasteiger partial charge in [-0.3, -0.25) is 33.6 Å². The Bertz CT molecular complexity index is 1630. The minimum Gasteiger partial charge on any atom is -0.469 e. The van der Waals surface area contributed by atoms with Crippen LogP contribution in [0.1, 0.15) is 6.42 Å². The van der Waals surface area contributed by atoms with Crippen LogP contribution in [0, 0.1) is 0 Å². The number of carbonyl (C=O) groups excluding carboxylic acids is 7. The number of methoxy groups -OCH3 is 2. The third kappa shape index (κ3) is 39.0. The molecule has 1 heterocycles. The smallest absolute Gasteiger partial charge is 0.315 e. The Morgan fingerprint density at radius 1 is 0.582 bits per heavy atom. The number of hydrogen-bond donors (Lipinski definition) is 11. The standard InChI is InChI=1S/C11H15N3OS2.C9H16N2O3S.C8H14N2O3.C7H15N3O.C7H14N2OS/c1-13-9(10(15)5-6-12)8-16-17-11-4-2-3-7-14-11;1-11-7(8(12)3-4-10)5-15-6-9(13)14-2;1-10-6(5-8(12)13-2)7(11)3-4-9;1-9-5-6(10-2)7(11)3-4-8;1-9-6(5-11-2)7(10)3-4-8/h2-7,9,13H,8,12H2,1H3;3-4,7,11H,5-6,10H2,1-2H3;3-4,6,10H,5,9H2,1-2H3;3-4,6,9-10H,5,8H2,1-2H3;3-4,6,9H,5,8H2,1-2H3. The zero-order valence-corrected chi connectivity index (χ0v) is 43.1. The van der Waals surface area contributed by atoms with Crippen molar-refractivity contribution in [3.05, 3.63) is 85.8 Å². The molecule has 0 amide bonds. The van der Waals surface area contributed by atoms with Crippen LogP contribution in [0.15, 0.2) is 90.8 Å². The number of likely N-dealkylation sites (N-methyl/N-ethyl adjacent to an activating group) is 6. The molecule has 0 saturated carbocycles. The number of pyridine rings is 1. The first-order valence-electron chi connectivity index (χ1n) is 20.1. The van der Waals surface area contributed by atoms with Crippen LogP contribution in [-0.4, -0.2) is 168 Å². The van der Waals surface area contributed by atoms with Gasteiger partial charge in [0.2, 0.25) is 0 Å². The predicted molar refractivity (Wildman–Crippen MR) is 277 cm³/mol. The Balaban J connectivity index is -0.000000374. The first-order valence-corrected chi connectivity index (χ1v) is 25.0. The Morgan fingerprint density at radius 3 is 1.34 bits per heavy atom. The van der Waals surface area contributed by atoms with E-state index < -0.39 is 12.0 Å². The topological polar surface area (TPSA) is 353 Å². The average molecular weight is 1020 g/mol. The van der Waals surface area contributed by atoms with E-state index in [1.165, 1.54) is 81.2 Å². The summed E-state index contributed by atoms with van der Waals surface area (Å²) in [6, 6.07) is 4.37. The zero-order valence-electron chi connectivity index (χ0n) is 39.9. The van der Waals surface area contributed by atoms with Crippen molar-refractivity contribution in [1.82, 2.24) is 36.9 Å². The fraction of sp³-hybridized carbons (Fsp3) is 0.476. The molecule has 0 bridgehead atoms. The molecule has 0 aromatic carbocycles. The second-order valence-corrected chi connectivity index (χ2v) is 16.7. The first-order chi connectivity index (χ1) is 32.1. The molecule has 0 aliphatic heterocycles. The highest BCUT2D eigenvalue weighted by atomic mass is 33.1. The quantitative estimate of drug-likeness (QED) is 0.0260. The van der Waals surface area contributed by atoms with Crippen LogP contribution in [0.4, 0.5) is 0 Å². The number of aromatic nitrogens is 1. The SMILES string of the molecule is CNC(CC(=O)OC)C(=O)C=CN.CNC(CSC)C(=O)C=CN.CNC(CSCC(=O)OC)C(=O)C=CN.CNC(CSSc1ccccn1)C(=O)C=CN.CNCC(NC)C(=O)C=CN. The summed E-state index contributed by atoms with van der Waals surface area (Å²) in [5, 5.41) is 18.1. The van der Waals surface area contributed by atoms with Gasteiger partial charge in [-0.1, -0.05) is 16.9 Å². The molecule has 0 aliphatic rings. The summed E-state index contributed by atoms with van der Waals surface area (Å²) < 4.78 is 8.90. The van der Waals surface area contributed by atoms with Crippen LogP contribution < -0.4 is 60.6 Å². The summed E-state index contributed by atoms with van der Waals surface area (Å²) in [7, 11) is 16.1. The normalized spacial score (nSPS) is 13.0. The highest BCUT2D eigenvalue weighted by Crippen LogP contribution is 2.29. The van der Waals surface area contributed by atoms with Gasteiger partial charge in [-0.2, -0.15) is 11.8 Å². The second kappa shape index (κ2) is 49.2. The highest BCUT2D eigenvalue weighted by molar-refractivity contribution is 8.76. The van der Waals surface area contributed by atoms with Crippen LogP contribution in [0.5, 0.6) is 0 Å². The molecule has 0 spiro atoms. The molecule has 67 heavy (non-hydrogen) atoms. The zero-order chi connectivity index (χ0) is 51.8. The van der Waals surface area contributed by atoms with Gasteiger partial charge in [-0.05, 0) is 133 Å². The minimum absolute atomic E-state index is 0.00986. The Labute approximate surface area is 412 Å². The molecule has 1 aromatic rings. The molecular weight excluding hydrogens is 945 g/mol. The average Bonchev–Trinajstić information content (AvgIpc) is 3.33. The lowest BCUT2D eigenvalue weighted by Gasteiger charge is -2.11. The molecule has 16 N–H and O–H groups in total. The maximum absolute atomic E-state index is 11.5. The summed E-state index contributed by atoms with van der Waals surface area (Å²) in [5.74, 6) is 1.14. The fourth-order valence-corrected chi connectivity index (χ4v) is 7.96. The van der Waals surface area contributed by atoms with Gasteiger partial charge in [-0.15, -0.1) is 11.8 Å². The van der Waals surface area contributed by atoms with Crippen LogP contribution in [0.3, 0.4) is 0 Å². The van der Waals surface area contributed by atoms with Crippen molar-refractivity contribution >= 4 is 86.0 Å². The lowest BCUT2D eigenvalue weighted by Crippen LogP contribution is -2.40. The largest absolute Gasteiger partial charge is 0.469 e. The molecule has 0 aliphatic carbocycles.